The monoisotopic (exact) mass is 302 g/mol. The molecule has 2 aromatic rings. The van der Waals surface area contributed by atoms with Crippen LogP contribution in [0.1, 0.15) is 10.4 Å². The minimum atomic E-state index is -4.43. The number of hydrogen-bond acceptors (Lipinski definition) is 5. The van der Waals surface area contributed by atoms with Crippen molar-refractivity contribution in [1.29, 1.82) is 0 Å². The van der Waals surface area contributed by atoms with Gasteiger partial charge >= 0.3 is 45.9 Å². The minimum absolute atomic E-state index is 0. The fourth-order valence-corrected chi connectivity index (χ4v) is 1.99. The average Bonchev–Trinajstić information content (AvgIpc) is 2.39. The molecule has 0 radical (unpaired) electrons. The van der Waals surface area contributed by atoms with Crippen molar-refractivity contribution < 1.29 is 21.6 Å². The molecule has 0 aliphatic carbocycles. The molecule has 2 aromatic carbocycles. The van der Waals surface area contributed by atoms with Crippen LogP contribution in [-0.4, -0.2) is 43.9 Å². The first-order valence-electron chi connectivity index (χ1n) is 5.35. The van der Waals surface area contributed by atoms with Crippen LogP contribution in [-0.2, 0) is 14.6 Å². The van der Waals surface area contributed by atoms with Gasteiger partial charge in [-0.25, -0.2) is 4.79 Å². The molecule has 0 N–H and O–H groups in total. The summed E-state index contributed by atoms with van der Waals surface area (Å²) in [4.78, 5) is 11.6. The zero-order valence-corrected chi connectivity index (χ0v) is 10.5. The van der Waals surface area contributed by atoms with E-state index in [1.807, 2.05) is 0 Å². The summed E-state index contributed by atoms with van der Waals surface area (Å²) in [6.45, 7) is 0. The Bertz CT molecular complexity index is 656. The summed E-state index contributed by atoms with van der Waals surface area (Å²) in [5.41, 5.74) is 0.128. The number of benzene rings is 2. The Kier molecular flexibility index (Phi) is 6.22. The van der Waals surface area contributed by atoms with Crippen molar-refractivity contribution in [3.8, 4) is 5.75 Å². The summed E-state index contributed by atoms with van der Waals surface area (Å²) >= 11 is 0. The van der Waals surface area contributed by atoms with Gasteiger partial charge in [0.05, 0.1) is 5.56 Å². The van der Waals surface area contributed by atoms with Crippen LogP contribution < -0.4 is 4.18 Å². The van der Waals surface area contributed by atoms with Crippen molar-refractivity contribution >= 4 is 45.9 Å². The van der Waals surface area contributed by atoms with Crippen LogP contribution in [0.2, 0.25) is 0 Å². The molecular formula is C13H11NaO5S. The number of hydrogen-bond donors (Lipinski definition) is 0. The van der Waals surface area contributed by atoms with Gasteiger partial charge in [0.1, 0.15) is 5.75 Å². The van der Waals surface area contributed by atoms with E-state index in [2.05, 4.69) is 8.37 Å². The molecule has 0 saturated heterocycles. The first-order valence-corrected chi connectivity index (χ1v) is 6.68. The normalized spacial score (nSPS) is 10.2. The molecule has 0 spiro atoms. The molecule has 0 bridgehead atoms. The van der Waals surface area contributed by atoms with Gasteiger partial charge in [0.15, 0.2) is 0 Å². The topological polar surface area (TPSA) is 69.7 Å². The fourth-order valence-electron chi connectivity index (χ4n) is 1.33. The van der Waals surface area contributed by atoms with E-state index in [1.165, 1.54) is 24.3 Å². The third kappa shape index (κ3) is 4.97. The van der Waals surface area contributed by atoms with Gasteiger partial charge in [-0.15, -0.1) is 8.42 Å². The van der Waals surface area contributed by atoms with Gasteiger partial charge in [0.2, 0.25) is 0 Å². The van der Waals surface area contributed by atoms with E-state index in [-0.39, 0.29) is 40.9 Å². The molecule has 2 rings (SSSR count). The molecule has 0 saturated carbocycles. The number of rotatable bonds is 4. The zero-order chi connectivity index (χ0) is 13.7. The molecule has 100 valence electrons. The Morgan fingerprint density at radius 1 is 0.850 bits per heavy atom. The first kappa shape index (κ1) is 16.7. The van der Waals surface area contributed by atoms with Gasteiger partial charge in [-0.1, -0.05) is 36.4 Å². The van der Waals surface area contributed by atoms with Crippen molar-refractivity contribution in [3.63, 3.8) is 0 Å². The van der Waals surface area contributed by atoms with Gasteiger partial charge in [-0.2, -0.15) is 0 Å². The van der Waals surface area contributed by atoms with Gasteiger partial charge in [0, 0.05) is 0 Å². The quantitative estimate of drug-likeness (QED) is 0.801. The van der Waals surface area contributed by atoms with E-state index in [1.54, 1.807) is 36.4 Å². The number of carbonyl (C=O) groups excluding carboxylic acids is 1. The molecule has 0 amide bonds. The molecule has 0 heterocycles. The molecular weight excluding hydrogens is 291 g/mol. The molecule has 7 heteroatoms. The molecule has 0 aromatic heterocycles. The summed E-state index contributed by atoms with van der Waals surface area (Å²) in [6, 6.07) is 15.6. The van der Waals surface area contributed by atoms with Crippen LogP contribution in [0.5, 0.6) is 5.75 Å². The van der Waals surface area contributed by atoms with E-state index >= 15 is 0 Å². The van der Waals surface area contributed by atoms with E-state index in [0.29, 0.717) is 0 Å². The van der Waals surface area contributed by atoms with Gasteiger partial charge in [-0.3, -0.25) is 0 Å². The molecule has 20 heavy (non-hydrogen) atoms. The Morgan fingerprint density at radius 3 is 1.90 bits per heavy atom. The van der Waals surface area contributed by atoms with E-state index in [9.17, 15) is 13.2 Å². The van der Waals surface area contributed by atoms with Gasteiger partial charge in [0.25, 0.3) is 0 Å². The maximum absolute atomic E-state index is 11.6. The van der Waals surface area contributed by atoms with Gasteiger partial charge < -0.3 is 8.37 Å². The molecule has 0 aliphatic heterocycles. The van der Waals surface area contributed by atoms with Crippen LogP contribution in [0.15, 0.2) is 60.7 Å². The fraction of sp³-hybridized carbons (Fsp3) is 0. The second-order valence-corrected chi connectivity index (χ2v) is 4.69. The summed E-state index contributed by atoms with van der Waals surface area (Å²) in [7, 11) is -4.43. The van der Waals surface area contributed by atoms with Crippen LogP contribution in [0.25, 0.3) is 0 Å². The molecule has 0 fully saturated rings. The summed E-state index contributed by atoms with van der Waals surface area (Å²) < 4.78 is 32.0. The Morgan fingerprint density at radius 2 is 1.35 bits per heavy atom. The van der Waals surface area contributed by atoms with Crippen molar-refractivity contribution in [2.24, 2.45) is 0 Å². The molecule has 0 unspecified atom stereocenters. The Balaban J connectivity index is 0.00000200. The molecule has 0 atom stereocenters. The standard InChI is InChI=1S/C13H10O5S.Na.H/c14-13(11-7-3-1-4-8-11)18-19(15,16)17-12-9-5-2-6-10-12;;/h1-10H;;. The maximum atomic E-state index is 11.6. The Hall–Kier alpha value is -1.34. The van der Waals surface area contributed by atoms with Crippen molar-refractivity contribution in [1.82, 2.24) is 0 Å². The second-order valence-electron chi connectivity index (χ2n) is 3.54. The van der Waals surface area contributed by atoms with Crippen molar-refractivity contribution in [3.05, 3.63) is 66.2 Å². The summed E-state index contributed by atoms with van der Waals surface area (Å²) in [5.74, 6) is -0.917. The van der Waals surface area contributed by atoms with E-state index in [4.69, 9.17) is 0 Å². The third-order valence-electron chi connectivity index (χ3n) is 2.13. The van der Waals surface area contributed by atoms with Crippen LogP contribution >= 0.6 is 0 Å². The Labute approximate surface area is 139 Å². The average molecular weight is 302 g/mol. The predicted octanol–water partition coefficient (Wildman–Crippen LogP) is 1.52. The predicted molar refractivity (Wildman–Crippen MR) is 75.0 cm³/mol. The number of carbonyl (C=O) groups is 1. The van der Waals surface area contributed by atoms with E-state index in [0.717, 1.165) is 0 Å². The third-order valence-corrected chi connectivity index (χ3v) is 2.88. The molecule has 5 nitrogen and oxygen atoms in total. The molecule has 0 aliphatic rings. The second kappa shape index (κ2) is 7.44. The van der Waals surface area contributed by atoms with E-state index < -0.39 is 16.4 Å². The van der Waals surface area contributed by atoms with Crippen LogP contribution in [0, 0.1) is 0 Å². The van der Waals surface area contributed by atoms with Crippen LogP contribution in [0.3, 0.4) is 0 Å². The summed E-state index contributed by atoms with van der Waals surface area (Å²) in [6.07, 6.45) is 0. The first-order chi connectivity index (χ1) is 9.07. The zero-order valence-electron chi connectivity index (χ0n) is 9.72. The number of para-hydroxylation sites is 1. The van der Waals surface area contributed by atoms with Crippen LogP contribution in [0.4, 0.5) is 0 Å². The van der Waals surface area contributed by atoms with Crippen molar-refractivity contribution in [2.45, 2.75) is 0 Å². The van der Waals surface area contributed by atoms with Crippen molar-refractivity contribution in [2.75, 3.05) is 0 Å². The summed E-state index contributed by atoms with van der Waals surface area (Å²) in [5, 5.41) is 0. The SMILES string of the molecule is O=C(OS(=O)(=O)Oc1ccccc1)c1ccccc1.[NaH]. The van der Waals surface area contributed by atoms with Gasteiger partial charge in [-0.05, 0) is 24.3 Å².